The number of aryl methyl sites for hydroxylation is 1. The molecule has 15 heavy (non-hydrogen) atoms. The van der Waals surface area contributed by atoms with Crippen LogP contribution in [0, 0.1) is 5.92 Å². The molecule has 2 rings (SSSR count). The molecule has 2 heterocycles. The fraction of sp³-hybridized carbons (Fsp3) is 0.700. The van der Waals surface area contributed by atoms with Gasteiger partial charge in [0.2, 0.25) is 0 Å². The minimum absolute atomic E-state index is 0.650. The second kappa shape index (κ2) is 4.51. The van der Waals surface area contributed by atoms with Gasteiger partial charge in [0, 0.05) is 20.1 Å². The van der Waals surface area contributed by atoms with Gasteiger partial charge in [-0.25, -0.2) is 0 Å². The van der Waals surface area contributed by atoms with Crippen LogP contribution in [-0.2, 0) is 13.6 Å². The molecule has 4 nitrogen and oxygen atoms in total. The van der Waals surface area contributed by atoms with E-state index in [0.29, 0.717) is 5.92 Å². The van der Waals surface area contributed by atoms with E-state index in [9.17, 15) is 0 Å². The Morgan fingerprint density at radius 3 is 3.00 bits per heavy atom. The molecule has 1 saturated heterocycles. The molecular formula is C10H17ClN4. The van der Waals surface area contributed by atoms with E-state index >= 15 is 0 Å². The third kappa shape index (κ3) is 2.33. The highest BCUT2D eigenvalue weighted by molar-refractivity contribution is 6.31. The summed E-state index contributed by atoms with van der Waals surface area (Å²) in [6.45, 7) is 3.86. The van der Waals surface area contributed by atoms with Crippen molar-refractivity contribution >= 4 is 11.6 Å². The average molecular weight is 229 g/mol. The van der Waals surface area contributed by atoms with Crippen molar-refractivity contribution in [3.63, 3.8) is 0 Å². The van der Waals surface area contributed by atoms with Gasteiger partial charge < -0.3 is 5.73 Å². The van der Waals surface area contributed by atoms with Crippen molar-refractivity contribution in [2.75, 3.05) is 19.6 Å². The highest BCUT2D eigenvalue weighted by Gasteiger charge is 2.22. The molecule has 1 fully saturated rings. The fourth-order valence-electron chi connectivity index (χ4n) is 2.07. The van der Waals surface area contributed by atoms with Crippen LogP contribution in [0.3, 0.4) is 0 Å². The maximum absolute atomic E-state index is 6.06. The van der Waals surface area contributed by atoms with Crippen LogP contribution in [-0.4, -0.2) is 34.3 Å². The number of rotatable bonds is 3. The van der Waals surface area contributed by atoms with Gasteiger partial charge in [0.05, 0.1) is 16.9 Å². The van der Waals surface area contributed by atoms with Gasteiger partial charge in [-0.2, -0.15) is 5.10 Å². The molecule has 1 aromatic heterocycles. The Morgan fingerprint density at radius 2 is 2.47 bits per heavy atom. The van der Waals surface area contributed by atoms with E-state index in [4.69, 9.17) is 17.3 Å². The van der Waals surface area contributed by atoms with Gasteiger partial charge in [0.25, 0.3) is 0 Å². The number of aromatic nitrogens is 2. The van der Waals surface area contributed by atoms with Crippen LogP contribution in [0.25, 0.3) is 0 Å². The Balaban J connectivity index is 1.98. The first-order chi connectivity index (χ1) is 7.20. The van der Waals surface area contributed by atoms with Crippen LogP contribution in [0.15, 0.2) is 6.20 Å². The summed E-state index contributed by atoms with van der Waals surface area (Å²) in [5.74, 6) is 0.650. The molecule has 1 unspecified atom stereocenters. The Bertz CT molecular complexity index is 317. The Hall–Kier alpha value is -0.580. The lowest BCUT2D eigenvalue weighted by molar-refractivity contribution is 0.309. The predicted molar refractivity (Wildman–Crippen MR) is 60.7 cm³/mol. The van der Waals surface area contributed by atoms with Crippen molar-refractivity contribution in [1.29, 1.82) is 0 Å². The monoisotopic (exact) mass is 228 g/mol. The van der Waals surface area contributed by atoms with Gasteiger partial charge in [-0.1, -0.05) is 11.6 Å². The zero-order valence-corrected chi connectivity index (χ0v) is 9.74. The Labute approximate surface area is 95.0 Å². The number of nitrogens with two attached hydrogens (primary N) is 1. The van der Waals surface area contributed by atoms with Crippen LogP contribution in [0.5, 0.6) is 0 Å². The molecule has 84 valence electrons. The molecule has 0 aliphatic carbocycles. The van der Waals surface area contributed by atoms with Gasteiger partial charge >= 0.3 is 0 Å². The second-order valence-corrected chi connectivity index (χ2v) is 4.60. The molecule has 5 heteroatoms. The van der Waals surface area contributed by atoms with Crippen molar-refractivity contribution in [3.8, 4) is 0 Å². The van der Waals surface area contributed by atoms with Crippen LogP contribution >= 0.6 is 11.6 Å². The third-order valence-electron chi connectivity index (χ3n) is 3.09. The van der Waals surface area contributed by atoms with Gasteiger partial charge in [-0.05, 0) is 25.4 Å². The summed E-state index contributed by atoms with van der Waals surface area (Å²) in [5.41, 5.74) is 6.75. The van der Waals surface area contributed by atoms with Crippen molar-refractivity contribution in [2.24, 2.45) is 18.7 Å². The number of hydrogen-bond acceptors (Lipinski definition) is 3. The first kappa shape index (κ1) is 10.9. The highest BCUT2D eigenvalue weighted by Crippen LogP contribution is 2.21. The zero-order valence-electron chi connectivity index (χ0n) is 8.99. The van der Waals surface area contributed by atoms with E-state index in [1.165, 1.54) is 6.42 Å². The maximum atomic E-state index is 6.06. The first-order valence-electron chi connectivity index (χ1n) is 5.29. The summed E-state index contributed by atoms with van der Waals surface area (Å²) in [5, 5.41) is 4.89. The fourth-order valence-corrected chi connectivity index (χ4v) is 2.30. The van der Waals surface area contributed by atoms with Gasteiger partial charge in [0.15, 0.2) is 0 Å². The van der Waals surface area contributed by atoms with Crippen LogP contribution in [0.2, 0.25) is 5.02 Å². The Kier molecular flexibility index (Phi) is 3.29. The molecule has 1 aliphatic rings. The smallest absolute Gasteiger partial charge is 0.0831 e. The van der Waals surface area contributed by atoms with E-state index in [-0.39, 0.29) is 0 Å². The Morgan fingerprint density at radius 1 is 1.67 bits per heavy atom. The van der Waals surface area contributed by atoms with Gasteiger partial charge in [0.1, 0.15) is 0 Å². The molecule has 1 atom stereocenters. The minimum atomic E-state index is 0.650. The largest absolute Gasteiger partial charge is 0.330 e. The van der Waals surface area contributed by atoms with Crippen molar-refractivity contribution < 1.29 is 0 Å². The molecule has 0 radical (unpaired) electrons. The number of likely N-dealkylation sites (tertiary alicyclic amines) is 1. The van der Waals surface area contributed by atoms with Crippen LogP contribution < -0.4 is 5.73 Å². The van der Waals surface area contributed by atoms with Crippen LogP contribution in [0.1, 0.15) is 12.1 Å². The summed E-state index contributed by atoms with van der Waals surface area (Å²) < 4.78 is 1.85. The maximum Gasteiger partial charge on any atom is 0.0831 e. The van der Waals surface area contributed by atoms with E-state index in [1.807, 2.05) is 11.7 Å². The lowest BCUT2D eigenvalue weighted by Crippen LogP contribution is -2.24. The van der Waals surface area contributed by atoms with Crippen molar-refractivity contribution in [2.45, 2.75) is 13.0 Å². The predicted octanol–water partition coefficient (Wildman–Crippen LogP) is 0.854. The summed E-state index contributed by atoms with van der Waals surface area (Å²) in [6.07, 6.45) is 2.90. The molecule has 2 N–H and O–H groups in total. The number of hydrogen-bond donors (Lipinski definition) is 1. The quantitative estimate of drug-likeness (QED) is 0.835. The summed E-state index contributed by atoms with van der Waals surface area (Å²) in [4.78, 5) is 2.39. The molecule has 1 aromatic rings. The lowest BCUT2D eigenvalue weighted by atomic mass is 10.1. The zero-order chi connectivity index (χ0) is 10.8. The summed E-state index contributed by atoms with van der Waals surface area (Å²) in [7, 11) is 1.93. The van der Waals surface area contributed by atoms with E-state index in [1.54, 1.807) is 6.20 Å². The minimum Gasteiger partial charge on any atom is -0.330 e. The molecule has 1 aliphatic heterocycles. The molecule has 0 spiro atoms. The van der Waals surface area contributed by atoms with E-state index in [2.05, 4.69) is 10.00 Å². The number of halogens is 1. The third-order valence-corrected chi connectivity index (χ3v) is 3.40. The topological polar surface area (TPSA) is 47.1 Å². The number of nitrogens with zero attached hydrogens (tertiary/aromatic N) is 3. The molecule has 0 amide bonds. The van der Waals surface area contributed by atoms with Crippen LogP contribution in [0.4, 0.5) is 0 Å². The standard InChI is InChI=1S/C10H17ClN4/c1-14-10(9(11)5-13-14)7-15-3-2-8(4-12)6-15/h5,8H,2-4,6-7,12H2,1H3. The second-order valence-electron chi connectivity index (χ2n) is 4.19. The van der Waals surface area contributed by atoms with Crippen molar-refractivity contribution in [3.05, 3.63) is 16.9 Å². The van der Waals surface area contributed by atoms with E-state index in [0.717, 1.165) is 36.9 Å². The molecular weight excluding hydrogens is 212 g/mol. The highest BCUT2D eigenvalue weighted by atomic mass is 35.5. The molecule has 0 aromatic carbocycles. The first-order valence-corrected chi connectivity index (χ1v) is 5.67. The average Bonchev–Trinajstić information content (AvgIpc) is 2.80. The van der Waals surface area contributed by atoms with E-state index < -0.39 is 0 Å². The lowest BCUT2D eigenvalue weighted by Gasteiger charge is -2.15. The summed E-state index contributed by atoms with van der Waals surface area (Å²) >= 11 is 6.06. The molecule has 0 bridgehead atoms. The SMILES string of the molecule is Cn1ncc(Cl)c1CN1CCC(CN)C1. The molecule has 0 saturated carbocycles. The van der Waals surface area contributed by atoms with Gasteiger partial charge in [-0.15, -0.1) is 0 Å². The summed E-state index contributed by atoms with van der Waals surface area (Å²) in [6, 6.07) is 0. The van der Waals surface area contributed by atoms with Crippen molar-refractivity contribution in [1.82, 2.24) is 14.7 Å². The normalized spacial score (nSPS) is 22.5. The van der Waals surface area contributed by atoms with Gasteiger partial charge in [-0.3, -0.25) is 9.58 Å².